The number of benzene rings is 1. The minimum atomic E-state index is -0.355. The van der Waals surface area contributed by atoms with Crippen LogP contribution in [0.3, 0.4) is 0 Å². The summed E-state index contributed by atoms with van der Waals surface area (Å²) in [5.74, 6) is 0.590. The van der Waals surface area contributed by atoms with Gasteiger partial charge in [0, 0.05) is 12.2 Å². The number of morpholine rings is 1. The first-order chi connectivity index (χ1) is 11.7. The van der Waals surface area contributed by atoms with Crippen molar-refractivity contribution < 1.29 is 9.53 Å². The van der Waals surface area contributed by atoms with Crippen molar-refractivity contribution in [2.24, 2.45) is 0 Å². The monoisotopic (exact) mass is 323 g/mol. The fraction of sp³-hybridized carbons (Fsp3) is 0.368. The van der Waals surface area contributed by atoms with Gasteiger partial charge in [0.2, 0.25) is 0 Å². The molecule has 2 heterocycles. The summed E-state index contributed by atoms with van der Waals surface area (Å²) in [5, 5.41) is 2.90. The van der Waals surface area contributed by atoms with Crippen molar-refractivity contribution in [1.82, 2.24) is 9.88 Å². The molecule has 2 amide bonds. The van der Waals surface area contributed by atoms with Gasteiger partial charge in [-0.1, -0.05) is 30.3 Å². The van der Waals surface area contributed by atoms with Crippen LogP contribution in [0.25, 0.3) is 0 Å². The second-order valence-electron chi connectivity index (χ2n) is 6.52. The first-order valence-electron chi connectivity index (χ1n) is 8.38. The van der Waals surface area contributed by atoms with Crippen LogP contribution in [0.5, 0.6) is 0 Å². The number of nitrogens with one attached hydrogen (secondary N) is 1. The van der Waals surface area contributed by atoms with Gasteiger partial charge < -0.3 is 9.64 Å². The van der Waals surface area contributed by atoms with E-state index in [2.05, 4.69) is 28.5 Å². The molecule has 1 atom stereocenters. The fourth-order valence-corrected chi connectivity index (χ4v) is 3.73. The molecule has 1 N–H and O–H groups in total. The number of carbonyl (C=O) groups is 1. The number of amides is 2. The zero-order chi connectivity index (χ0) is 16.6. The van der Waals surface area contributed by atoms with Crippen molar-refractivity contribution in [3.63, 3.8) is 0 Å². The molecular formula is C19H21N3O2. The summed E-state index contributed by atoms with van der Waals surface area (Å²) in [5.41, 5.74) is 3.10. The Bertz CT molecular complexity index is 773. The summed E-state index contributed by atoms with van der Waals surface area (Å²) in [7, 11) is 0. The molecule has 1 saturated heterocycles. The average molecular weight is 323 g/mol. The molecule has 1 aliphatic heterocycles. The van der Waals surface area contributed by atoms with Crippen LogP contribution in [0, 0.1) is 6.92 Å². The Morgan fingerprint density at radius 1 is 1.25 bits per heavy atom. The van der Waals surface area contributed by atoms with E-state index in [-0.39, 0.29) is 11.6 Å². The molecule has 4 rings (SSSR count). The van der Waals surface area contributed by atoms with E-state index >= 15 is 0 Å². The number of fused-ring (bicyclic) bond motifs is 2. The van der Waals surface area contributed by atoms with E-state index in [4.69, 9.17) is 4.74 Å². The molecule has 0 bridgehead atoms. The Balaban J connectivity index is 1.52. The lowest BCUT2D eigenvalue weighted by Gasteiger charge is -2.41. The molecule has 1 aromatic heterocycles. The largest absolute Gasteiger partial charge is 0.367 e. The maximum absolute atomic E-state index is 12.7. The van der Waals surface area contributed by atoms with Gasteiger partial charge in [-0.3, -0.25) is 5.32 Å². The molecule has 2 aliphatic rings. The molecule has 0 unspecified atom stereocenters. The lowest BCUT2D eigenvalue weighted by molar-refractivity contribution is -0.100. The van der Waals surface area contributed by atoms with Crippen molar-refractivity contribution in [2.75, 3.05) is 25.0 Å². The number of hydrogen-bond acceptors (Lipinski definition) is 3. The first kappa shape index (κ1) is 15.1. The molecular weight excluding hydrogens is 302 g/mol. The number of pyridine rings is 1. The topological polar surface area (TPSA) is 54.5 Å². The van der Waals surface area contributed by atoms with Crippen molar-refractivity contribution in [3.05, 3.63) is 59.3 Å². The van der Waals surface area contributed by atoms with Crippen molar-refractivity contribution in [2.45, 2.75) is 25.4 Å². The van der Waals surface area contributed by atoms with Crippen LogP contribution in [0.15, 0.2) is 42.5 Å². The zero-order valence-corrected chi connectivity index (χ0v) is 13.8. The summed E-state index contributed by atoms with van der Waals surface area (Å²) < 4.78 is 6.17. The molecule has 1 spiro atoms. The van der Waals surface area contributed by atoms with E-state index in [0.717, 1.165) is 18.5 Å². The van der Waals surface area contributed by atoms with Crippen LogP contribution in [-0.2, 0) is 16.8 Å². The number of carbonyl (C=O) groups excluding carboxylic acids is 1. The smallest absolute Gasteiger partial charge is 0.323 e. The Labute approximate surface area is 141 Å². The van der Waals surface area contributed by atoms with Crippen LogP contribution < -0.4 is 5.32 Å². The number of rotatable bonds is 1. The number of nitrogens with zero attached hydrogens (tertiary/aromatic N) is 2. The lowest BCUT2D eigenvalue weighted by atomic mass is 9.94. The zero-order valence-electron chi connectivity index (χ0n) is 13.8. The number of aromatic nitrogens is 1. The summed E-state index contributed by atoms with van der Waals surface area (Å²) in [6, 6.07) is 13.9. The van der Waals surface area contributed by atoms with Gasteiger partial charge in [-0.15, -0.1) is 0 Å². The van der Waals surface area contributed by atoms with Gasteiger partial charge in [-0.2, -0.15) is 0 Å². The molecule has 5 nitrogen and oxygen atoms in total. The molecule has 0 saturated carbocycles. The highest BCUT2D eigenvalue weighted by atomic mass is 16.5. The van der Waals surface area contributed by atoms with E-state index in [9.17, 15) is 4.79 Å². The van der Waals surface area contributed by atoms with Crippen LogP contribution in [0.1, 0.15) is 23.2 Å². The van der Waals surface area contributed by atoms with Gasteiger partial charge in [-0.25, -0.2) is 9.78 Å². The molecule has 0 radical (unpaired) electrons. The first-order valence-corrected chi connectivity index (χ1v) is 8.38. The number of hydrogen-bond donors (Lipinski definition) is 1. The summed E-state index contributed by atoms with van der Waals surface area (Å²) in [6.45, 7) is 3.65. The van der Waals surface area contributed by atoms with E-state index in [1.54, 1.807) is 0 Å². The molecule has 124 valence electrons. The molecule has 1 aliphatic carbocycles. The van der Waals surface area contributed by atoms with Gasteiger partial charge in [0.15, 0.2) is 0 Å². The van der Waals surface area contributed by atoms with Crippen molar-refractivity contribution >= 4 is 11.8 Å². The highest BCUT2D eigenvalue weighted by Crippen LogP contribution is 2.42. The van der Waals surface area contributed by atoms with E-state index in [0.29, 0.717) is 25.5 Å². The predicted molar refractivity (Wildman–Crippen MR) is 92.0 cm³/mol. The van der Waals surface area contributed by atoms with Gasteiger partial charge >= 0.3 is 6.03 Å². The molecule has 24 heavy (non-hydrogen) atoms. The third-order valence-corrected chi connectivity index (χ3v) is 4.90. The standard InChI is InChI=1S/C19H21N3O2/c1-14-5-4-8-17(20-14)21-18(23)22-11-12-24-19(13-22)10-9-15-6-2-3-7-16(15)19/h2-8H,9-13H2,1H3,(H,20,21,23)/t19-/m0/s1. The number of ether oxygens (including phenoxy) is 1. The summed E-state index contributed by atoms with van der Waals surface area (Å²) in [4.78, 5) is 18.8. The highest BCUT2D eigenvalue weighted by Gasteiger charge is 2.44. The van der Waals surface area contributed by atoms with Crippen molar-refractivity contribution in [3.8, 4) is 0 Å². The van der Waals surface area contributed by atoms with Crippen LogP contribution in [-0.4, -0.2) is 35.6 Å². The van der Waals surface area contributed by atoms with Gasteiger partial charge in [0.05, 0.1) is 13.2 Å². The maximum Gasteiger partial charge on any atom is 0.323 e. The third kappa shape index (κ3) is 2.65. The highest BCUT2D eigenvalue weighted by molar-refractivity contribution is 5.88. The van der Waals surface area contributed by atoms with Gasteiger partial charge in [0.25, 0.3) is 0 Å². The van der Waals surface area contributed by atoms with Crippen LogP contribution >= 0.6 is 0 Å². The van der Waals surface area contributed by atoms with Crippen LogP contribution in [0.4, 0.5) is 10.6 Å². The maximum atomic E-state index is 12.7. The van der Waals surface area contributed by atoms with Gasteiger partial charge in [0.1, 0.15) is 11.4 Å². The Morgan fingerprint density at radius 3 is 3.00 bits per heavy atom. The number of anilines is 1. The lowest BCUT2D eigenvalue weighted by Crippen LogP contribution is -2.52. The minimum Gasteiger partial charge on any atom is -0.367 e. The van der Waals surface area contributed by atoms with E-state index < -0.39 is 0 Å². The van der Waals surface area contributed by atoms with Crippen molar-refractivity contribution in [1.29, 1.82) is 0 Å². The van der Waals surface area contributed by atoms with E-state index in [1.807, 2.05) is 36.1 Å². The molecule has 2 aromatic rings. The third-order valence-electron chi connectivity index (χ3n) is 4.90. The second kappa shape index (κ2) is 5.91. The molecule has 5 heteroatoms. The fourth-order valence-electron chi connectivity index (χ4n) is 3.73. The van der Waals surface area contributed by atoms with E-state index in [1.165, 1.54) is 11.1 Å². The van der Waals surface area contributed by atoms with Gasteiger partial charge in [-0.05, 0) is 43.0 Å². The Kier molecular flexibility index (Phi) is 3.73. The Morgan fingerprint density at radius 2 is 2.12 bits per heavy atom. The minimum absolute atomic E-state index is 0.111. The summed E-state index contributed by atoms with van der Waals surface area (Å²) >= 11 is 0. The second-order valence-corrected chi connectivity index (χ2v) is 6.52. The summed E-state index contributed by atoms with van der Waals surface area (Å²) in [6.07, 6.45) is 1.93. The molecule has 1 aromatic carbocycles. The Hall–Kier alpha value is -2.40. The SMILES string of the molecule is Cc1cccc(NC(=O)N2CCO[C@@]3(CCc4ccccc43)C2)n1. The average Bonchev–Trinajstić information content (AvgIpc) is 2.94. The number of urea groups is 1. The quantitative estimate of drug-likeness (QED) is 0.877. The predicted octanol–water partition coefficient (Wildman–Crippen LogP) is 3.10. The number of aryl methyl sites for hydroxylation is 2. The molecule has 1 fully saturated rings. The normalized spacial score (nSPS) is 22.5. The van der Waals surface area contributed by atoms with Crippen LogP contribution in [0.2, 0.25) is 0 Å².